The zero-order valence-electron chi connectivity index (χ0n) is 26.0. The first-order valence-electron chi connectivity index (χ1n) is 16.3. The van der Waals surface area contributed by atoms with Gasteiger partial charge in [-0.05, 0) is 88.5 Å². The minimum atomic E-state index is -0.467. The van der Waals surface area contributed by atoms with Crippen LogP contribution in [-0.4, -0.2) is 62.3 Å². The molecular weight excluding hydrogens is 520 g/mol. The number of fused-ring (bicyclic) bond motifs is 5. The largest absolute Gasteiger partial charge is 0.462 e. The summed E-state index contributed by atoms with van der Waals surface area (Å²) in [6.45, 7) is 11.1. The molecule has 10 unspecified atom stereocenters. The molecular formula is C34H52O7. The molecule has 2 saturated heterocycles. The highest BCUT2D eigenvalue weighted by atomic mass is 16.7. The van der Waals surface area contributed by atoms with Crippen LogP contribution in [0.1, 0.15) is 92.4 Å². The minimum Gasteiger partial charge on any atom is -0.462 e. The Bertz CT molecular complexity index is 1000. The van der Waals surface area contributed by atoms with Crippen molar-refractivity contribution in [2.45, 2.75) is 129 Å². The maximum Gasteiger partial charge on any atom is 0.306 e. The number of carbonyl (C=O) groups is 2. The molecule has 5 rings (SSSR count). The van der Waals surface area contributed by atoms with Gasteiger partial charge in [0.05, 0.1) is 24.7 Å². The number of allylic oxidation sites excluding steroid dienone is 4. The van der Waals surface area contributed by atoms with Crippen LogP contribution in [0.2, 0.25) is 0 Å². The van der Waals surface area contributed by atoms with Crippen molar-refractivity contribution in [2.24, 2.45) is 35.5 Å². The van der Waals surface area contributed by atoms with E-state index in [4.69, 9.17) is 23.7 Å². The summed E-state index contributed by atoms with van der Waals surface area (Å²) in [7, 11) is 1.70. The Morgan fingerprint density at radius 1 is 0.976 bits per heavy atom. The van der Waals surface area contributed by atoms with Crippen molar-refractivity contribution in [1.29, 1.82) is 0 Å². The van der Waals surface area contributed by atoms with E-state index >= 15 is 0 Å². The predicted molar refractivity (Wildman–Crippen MR) is 156 cm³/mol. The van der Waals surface area contributed by atoms with Crippen molar-refractivity contribution < 1.29 is 33.3 Å². The number of ether oxygens (including phenoxy) is 5. The van der Waals surface area contributed by atoms with Crippen LogP contribution < -0.4 is 0 Å². The van der Waals surface area contributed by atoms with Crippen LogP contribution in [0, 0.1) is 35.5 Å². The van der Waals surface area contributed by atoms with Gasteiger partial charge in [0.15, 0.2) is 12.1 Å². The number of hydrogen-bond donors (Lipinski definition) is 0. The lowest BCUT2D eigenvalue weighted by atomic mass is 9.67. The molecule has 5 aliphatic rings. The van der Waals surface area contributed by atoms with E-state index in [2.05, 4.69) is 39.8 Å². The fourth-order valence-corrected chi connectivity index (χ4v) is 8.51. The summed E-state index contributed by atoms with van der Waals surface area (Å²) in [6, 6.07) is 0. The lowest BCUT2D eigenvalue weighted by Gasteiger charge is -2.40. The summed E-state index contributed by atoms with van der Waals surface area (Å²) < 4.78 is 30.7. The van der Waals surface area contributed by atoms with E-state index in [1.54, 1.807) is 7.11 Å². The Morgan fingerprint density at radius 3 is 2.49 bits per heavy atom. The zero-order valence-corrected chi connectivity index (χ0v) is 26.0. The SMILES string of the molecule is CCOC1CC(C)O[C@@H](O[C@@H]2CC3C(C)=CC4C5CC(=O)OC(CC)CCCCC(C)C(=O)C5=CC4C3C2)C1OC. The maximum absolute atomic E-state index is 13.8. The van der Waals surface area contributed by atoms with E-state index in [9.17, 15) is 9.59 Å². The Labute approximate surface area is 246 Å². The predicted octanol–water partition coefficient (Wildman–Crippen LogP) is 6.19. The lowest BCUT2D eigenvalue weighted by Crippen LogP contribution is -2.51. The summed E-state index contributed by atoms with van der Waals surface area (Å²) >= 11 is 0. The highest BCUT2D eigenvalue weighted by Gasteiger charge is 2.52. The number of rotatable bonds is 6. The van der Waals surface area contributed by atoms with E-state index in [1.165, 1.54) is 5.57 Å². The number of carbonyl (C=O) groups excluding carboxylic acids is 2. The van der Waals surface area contributed by atoms with Gasteiger partial charge in [-0.2, -0.15) is 0 Å². The van der Waals surface area contributed by atoms with E-state index < -0.39 is 6.29 Å². The molecule has 3 fully saturated rings. The van der Waals surface area contributed by atoms with Crippen molar-refractivity contribution in [3.05, 3.63) is 23.3 Å². The van der Waals surface area contributed by atoms with Gasteiger partial charge >= 0.3 is 5.97 Å². The van der Waals surface area contributed by atoms with Crippen molar-refractivity contribution in [2.75, 3.05) is 13.7 Å². The van der Waals surface area contributed by atoms with Gasteiger partial charge in [-0.1, -0.05) is 38.0 Å². The Kier molecular flexibility index (Phi) is 10.1. The third-order valence-corrected chi connectivity index (χ3v) is 10.6. The molecule has 7 nitrogen and oxygen atoms in total. The average molecular weight is 573 g/mol. The fourth-order valence-electron chi connectivity index (χ4n) is 8.51. The second kappa shape index (κ2) is 13.4. The molecule has 230 valence electrons. The molecule has 12 atom stereocenters. The Hall–Kier alpha value is -1.54. The average Bonchev–Trinajstić information content (AvgIpc) is 3.51. The highest BCUT2D eigenvalue weighted by molar-refractivity contribution is 5.98. The summed E-state index contributed by atoms with van der Waals surface area (Å²) in [6.07, 6.45) is 11.4. The van der Waals surface area contributed by atoms with Gasteiger partial charge in [0.25, 0.3) is 0 Å². The zero-order chi connectivity index (χ0) is 29.3. The third kappa shape index (κ3) is 6.53. The maximum atomic E-state index is 13.8. The smallest absolute Gasteiger partial charge is 0.306 e. The van der Waals surface area contributed by atoms with Gasteiger partial charge < -0.3 is 23.7 Å². The Morgan fingerprint density at radius 2 is 1.76 bits per heavy atom. The molecule has 0 N–H and O–H groups in total. The second-order valence-electron chi connectivity index (χ2n) is 13.3. The van der Waals surface area contributed by atoms with Gasteiger partial charge in [-0.3, -0.25) is 9.59 Å². The van der Waals surface area contributed by atoms with E-state index in [-0.39, 0.29) is 72.4 Å². The number of cyclic esters (lactones) is 1. The molecule has 0 aromatic heterocycles. The Balaban J connectivity index is 1.36. The summed E-state index contributed by atoms with van der Waals surface area (Å²) in [5, 5.41) is 0. The quantitative estimate of drug-likeness (QED) is 0.277. The monoisotopic (exact) mass is 572 g/mol. The third-order valence-electron chi connectivity index (χ3n) is 10.6. The van der Waals surface area contributed by atoms with Crippen LogP contribution in [0.15, 0.2) is 23.3 Å². The second-order valence-corrected chi connectivity index (χ2v) is 13.3. The van der Waals surface area contributed by atoms with Gasteiger partial charge in [0, 0.05) is 32.0 Å². The lowest BCUT2D eigenvalue weighted by molar-refractivity contribution is -0.287. The number of methoxy groups -OCH3 is 1. The number of ketones is 1. The van der Waals surface area contributed by atoms with Crippen molar-refractivity contribution in [3.63, 3.8) is 0 Å². The van der Waals surface area contributed by atoms with Crippen LogP contribution >= 0.6 is 0 Å². The van der Waals surface area contributed by atoms with E-state index in [0.29, 0.717) is 18.4 Å². The highest BCUT2D eigenvalue weighted by Crippen LogP contribution is 2.56. The molecule has 0 aromatic carbocycles. The molecule has 41 heavy (non-hydrogen) atoms. The van der Waals surface area contributed by atoms with Crippen molar-refractivity contribution in [1.82, 2.24) is 0 Å². The number of esters is 1. The van der Waals surface area contributed by atoms with Crippen LogP contribution in [0.5, 0.6) is 0 Å². The number of hydrogen-bond acceptors (Lipinski definition) is 7. The topological polar surface area (TPSA) is 80.3 Å². The molecule has 0 amide bonds. The molecule has 0 spiro atoms. The first kappa shape index (κ1) is 30.9. The van der Waals surface area contributed by atoms with Crippen LogP contribution in [0.3, 0.4) is 0 Å². The van der Waals surface area contributed by atoms with Crippen molar-refractivity contribution >= 4 is 11.8 Å². The van der Waals surface area contributed by atoms with Gasteiger partial charge in [0.2, 0.25) is 0 Å². The molecule has 2 aliphatic heterocycles. The van der Waals surface area contributed by atoms with Crippen LogP contribution in [0.25, 0.3) is 0 Å². The van der Waals surface area contributed by atoms with Crippen molar-refractivity contribution in [3.8, 4) is 0 Å². The molecule has 0 radical (unpaired) electrons. The summed E-state index contributed by atoms with van der Waals surface area (Å²) in [5.74, 6) is 1.09. The molecule has 1 saturated carbocycles. The van der Waals surface area contributed by atoms with Gasteiger partial charge in [0.1, 0.15) is 12.2 Å². The normalized spacial score (nSPS) is 43.6. The summed E-state index contributed by atoms with van der Waals surface area (Å²) in [5.41, 5.74) is 2.23. The first-order valence-corrected chi connectivity index (χ1v) is 16.3. The van der Waals surface area contributed by atoms with Gasteiger partial charge in [-0.15, -0.1) is 0 Å². The first-order chi connectivity index (χ1) is 19.7. The standard InChI is InChI=1S/C34H52O7/c1-7-22-12-10-9-11-19(3)32(36)29-17-27-25(28(29)18-31(35)40-22)13-20(4)24-15-23(16-26(24)27)41-34-33(37-6)30(38-8-2)14-21(5)39-34/h13,17,19,21-28,30,33-34H,7-12,14-16,18H2,1-6H3/t19?,21?,22?,23-,24?,25?,26?,27?,28?,30?,33?,34+/m1/s1. The van der Waals surface area contributed by atoms with E-state index in [1.807, 2.05) is 6.92 Å². The molecule has 2 heterocycles. The van der Waals surface area contributed by atoms with E-state index in [0.717, 1.165) is 56.9 Å². The van der Waals surface area contributed by atoms with Gasteiger partial charge in [-0.25, -0.2) is 0 Å². The van der Waals surface area contributed by atoms with Crippen LogP contribution in [-0.2, 0) is 33.3 Å². The fraction of sp³-hybridized carbons (Fsp3) is 0.824. The summed E-state index contributed by atoms with van der Waals surface area (Å²) in [4.78, 5) is 27.0. The molecule has 0 aromatic rings. The van der Waals surface area contributed by atoms with Crippen LogP contribution in [0.4, 0.5) is 0 Å². The molecule has 0 bridgehead atoms. The minimum absolute atomic E-state index is 0.0188. The molecule has 7 heteroatoms. The number of Topliss-reactive ketones (excluding diaryl/α,β-unsaturated/α-hetero) is 1. The molecule has 3 aliphatic carbocycles.